The van der Waals surface area contributed by atoms with Crippen molar-refractivity contribution in [1.29, 1.82) is 5.26 Å². The van der Waals surface area contributed by atoms with Gasteiger partial charge in [-0.2, -0.15) is 5.26 Å². The second kappa shape index (κ2) is 9.92. The molecule has 0 aliphatic rings. The smallest absolute Gasteiger partial charge is 0.262 e. The summed E-state index contributed by atoms with van der Waals surface area (Å²) in [5.74, 6) is 0.703. The molecular weight excluding hydrogens is 428 g/mol. The summed E-state index contributed by atoms with van der Waals surface area (Å²) in [7, 11) is 3.12. The number of amides is 1. The Morgan fingerprint density at radius 2 is 1.85 bits per heavy atom. The number of benzene rings is 2. The molecule has 0 unspecified atom stereocenters. The van der Waals surface area contributed by atoms with E-state index in [0.29, 0.717) is 22.7 Å². The summed E-state index contributed by atoms with van der Waals surface area (Å²) < 4.78 is 10.6. The number of ether oxygens (including phenoxy) is 2. The van der Waals surface area contributed by atoms with Gasteiger partial charge in [0.15, 0.2) is 11.5 Å². The van der Waals surface area contributed by atoms with Crippen LogP contribution in [-0.4, -0.2) is 30.1 Å². The summed E-state index contributed by atoms with van der Waals surface area (Å²) in [5.41, 5.74) is 4.21. The van der Waals surface area contributed by atoms with E-state index in [9.17, 15) is 10.1 Å². The van der Waals surface area contributed by atoms with Gasteiger partial charge in [0.05, 0.1) is 20.3 Å². The molecule has 1 amide bonds. The van der Waals surface area contributed by atoms with Crippen LogP contribution in [0.4, 0.5) is 0 Å². The number of carbonyl (C=O) groups is 1. The van der Waals surface area contributed by atoms with Gasteiger partial charge in [0.1, 0.15) is 17.3 Å². The monoisotopic (exact) mass is 452 g/mol. The topological polar surface area (TPSA) is 100 Å². The molecule has 0 spiro atoms. The van der Waals surface area contributed by atoms with E-state index in [4.69, 9.17) is 9.47 Å². The summed E-state index contributed by atoms with van der Waals surface area (Å²) in [6, 6.07) is 19.0. The number of nitrogens with zero attached hydrogens (tertiary/aromatic N) is 2. The summed E-state index contributed by atoms with van der Waals surface area (Å²) in [5, 5.41) is 13.4. The van der Waals surface area contributed by atoms with Crippen LogP contribution in [0.1, 0.15) is 24.1 Å². The Morgan fingerprint density at radius 1 is 1.09 bits per heavy atom. The van der Waals surface area contributed by atoms with Gasteiger partial charge in [-0.25, -0.2) is 4.98 Å². The number of hydrogen-bond acceptors (Lipinski definition) is 5. The van der Waals surface area contributed by atoms with Gasteiger partial charge >= 0.3 is 0 Å². The molecule has 2 aromatic heterocycles. The van der Waals surface area contributed by atoms with Crippen LogP contribution in [0.3, 0.4) is 0 Å². The number of methoxy groups -OCH3 is 2. The number of carbonyl (C=O) groups excluding carboxylic acids is 1. The lowest BCUT2D eigenvalue weighted by Crippen LogP contribution is -2.27. The number of nitrogens with one attached hydrogen (secondary N) is 2. The summed E-state index contributed by atoms with van der Waals surface area (Å²) >= 11 is 0. The highest BCUT2D eigenvalue weighted by Gasteiger charge is 2.17. The molecule has 0 aliphatic carbocycles. The maximum atomic E-state index is 12.9. The molecule has 7 heteroatoms. The van der Waals surface area contributed by atoms with E-state index in [0.717, 1.165) is 22.1 Å². The molecular formula is C27H24N4O3. The molecule has 170 valence electrons. The van der Waals surface area contributed by atoms with Crippen molar-refractivity contribution in [2.45, 2.75) is 13.0 Å². The summed E-state index contributed by atoms with van der Waals surface area (Å²) in [6.07, 6.45) is 5.12. The van der Waals surface area contributed by atoms with Crippen LogP contribution in [-0.2, 0) is 4.79 Å². The Morgan fingerprint density at radius 3 is 2.56 bits per heavy atom. The van der Waals surface area contributed by atoms with E-state index in [2.05, 4.69) is 15.3 Å². The van der Waals surface area contributed by atoms with Crippen molar-refractivity contribution >= 4 is 23.0 Å². The van der Waals surface area contributed by atoms with Crippen LogP contribution < -0.4 is 14.8 Å². The van der Waals surface area contributed by atoms with Gasteiger partial charge < -0.3 is 19.8 Å². The average molecular weight is 453 g/mol. The fraction of sp³-hybridized carbons (Fsp3) is 0.148. The number of hydrogen-bond donors (Lipinski definition) is 2. The minimum atomic E-state index is -0.466. The quantitative estimate of drug-likeness (QED) is 0.303. The Labute approximate surface area is 197 Å². The Balaban J connectivity index is 1.59. The summed E-state index contributed by atoms with van der Waals surface area (Å²) in [4.78, 5) is 20.5. The predicted octanol–water partition coefficient (Wildman–Crippen LogP) is 5.03. The van der Waals surface area contributed by atoms with Crippen LogP contribution in [0.15, 0.2) is 72.6 Å². The van der Waals surface area contributed by atoms with Crippen molar-refractivity contribution in [2.75, 3.05) is 14.2 Å². The first-order valence-electron chi connectivity index (χ1n) is 10.7. The first-order valence-corrected chi connectivity index (χ1v) is 10.7. The Kier molecular flexibility index (Phi) is 6.60. The van der Waals surface area contributed by atoms with Crippen LogP contribution in [0.25, 0.3) is 28.2 Å². The number of fused-ring (bicyclic) bond motifs is 1. The van der Waals surface area contributed by atoms with E-state index < -0.39 is 5.91 Å². The minimum absolute atomic E-state index is 0.00154. The van der Waals surface area contributed by atoms with Crippen molar-refractivity contribution in [3.63, 3.8) is 0 Å². The van der Waals surface area contributed by atoms with E-state index in [1.807, 2.05) is 55.5 Å². The SMILES string of the molecule is COc1ccc([C@@H](C)NC(=O)/C(C#N)=C/c2c[nH]c3ncc(-c4ccccc4)cc23)cc1OC. The highest BCUT2D eigenvalue weighted by Crippen LogP contribution is 2.30. The van der Waals surface area contributed by atoms with Crippen LogP contribution in [0.5, 0.6) is 11.5 Å². The standard InChI is InChI=1S/C27H24N4O3/c1-17(19-9-10-24(33-2)25(13-19)34-3)31-27(32)20(14-28)11-22-16-30-26-23(22)12-21(15-29-26)18-7-5-4-6-8-18/h4-13,15-17H,1-3H3,(H,29,30)(H,31,32)/b20-11+/t17-/m1/s1. The molecule has 2 aromatic carbocycles. The van der Waals surface area contributed by atoms with Crippen molar-refractivity contribution < 1.29 is 14.3 Å². The van der Waals surface area contributed by atoms with E-state index in [1.54, 1.807) is 44.8 Å². The Hall–Kier alpha value is -4.57. The molecule has 0 radical (unpaired) electrons. The average Bonchev–Trinajstić information content (AvgIpc) is 3.29. The third-order valence-corrected chi connectivity index (χ3v) is 5.59. The lowest BCUT2D eigenvalue weighted by atomic mass is 10.0. The third-order valence-electron chi connectivity index (χ3n) is 5.59. The third kappa shape index (κ3) is 4.62. The molecule has 34 heavy (non-hydrogen) atoms. The van der Waals surface area contributed by atoms with Crippen molar-refractivity contribution in [1.82, 2.24) is 15.3 Å². The molecule has 0 saturated heterocycles. The van der Waals surface area contributed by atoms with Crippen LogP contribution in [0, 0.1) is 11.3 Å². The molecule has 0 fully saturated rings. The van der Waals surface area contributed by atoms with Gasteiger partial charge in [0.25, 0.3) is 5.91 Å². The highest BCUT2D eigenvalue weighted by atomic mass is 16.5. The van der Waals surface area contributed by atoms with E-state index in [1.165, 1.54) is 0 Å². The Bertz CT molecular complexity index is 1400. The second-order valence-corrected chi connectivity index (χ2v) is 7.71. The zero-order chi connectivity index (χ0) is 24.1. The van der Waals surface area contributed by atoms with Gasteiger partial charge in [0.2, 0.25) is 0 Å². The highest BCUT2D eigenvalue weighted by molar-refractivity contribution is 6.04. The molecule has 2 N–H and O–H groups in total. The van der Waals surface area contributed by atoms with E-state index >= 15 is 0 Å². The van der Waals surface area contributed by atoms with Crippen LogP contribution >= 0.6 is 0 Å². The van der Waals surface area contributed by atoms with E-state index in [-0.39, 0.29) is 11.6 Å². The fourth-order valence-electron chi connectivity index (χ4n) is 3.72. The molecule has 4 aromatic rings. The molecule has 0 saturated carbocycles. The van der Waals surface area contributed by atoms with Crippen molar-refractivity contribution in [2.24, 2.45) is 0 Å². The lowest BCUT2D eigenvalue weighted by molar-refractivity contribution is -0.117. The number of H-pyrrole nitrogens is 1. The lowest BCUT2D eigenvalue weighted by Gasteiger charge is -2.16. The number of aromatic amines is 1. The van der Waals surface area contributed by atoms with Crippen molar-refractivity contribution in [3.8, 4) is 28.7 Å². The van der Waals surface area contributed by atoms with Gasteiger partial charge in [0, 0.05) is 28.9 Å². The second-order valence-electron chi connectivity index (χ2n) is 7.71. The molecule has 7 nitrogen and oxygen atoms in total. The van der Waals surface area contributed by atoms with Gasteiger partial charge in [-0.3, -0.25) is 4.79 Å². The molecule has 0 bridgehead atoms. The normalized spacial score (nSPS) is 12.1. The molecule has 0 aliphatic heterocycles. The number of rotatable bonds is 7. The molecule has 2 heterocycles. The maximum absolute atomic E-state index is 12.9. The minimum Gasteiger partial charge on any atom is -0.493 e. The summed E-state index contributed by atoms with van der Waals surface area (Å²) in [6.45, 7) is 1.84. The first kappa shape index (κ1) is 22.6. The van der Waals surface area contributed by atoms with Crippen LogP contribution in [0.2, 0.25) is 0 Å². The first-order chi connectivity index (χ1) is 16.5. The van der Waals surface area contributed by atoms with Gasteiger partial charge in [-0.05, 0) is 42.3 Å². The fourth-order valence-corrected chi connectivity index (χ4v) is 3.72. The van der Waals surface area contributed by atoms with Gasteiger partial charge in [-0.1, -0.05) is 36.4 Å². The maximum Gasteiger partial charge on any atom is 0.262 e. The largest absolute Gasteiger partial charge is 0.493 e. The number of aromatic nitrogens is 2. The number of pyridine rings is 1. The molecule has 4 rings (SSSR count). The number of nitriles is 1. The zero-order valence-corrected chi connectivity index (χ0v) is 19.1. The van der Waals surface area contributed by atoms with Crippen molar-refractivity contribution in [3.05, 3.63) is 83.7 Å². The zero-order valence-electron chi connectivity index (χ0n) is 19.1. The predicted molar refractivity (Wildman–Crippen MR) is 131 cm³/mol. The van der Waals surface area contributed by atoms with Gasteiger partial charge in [-0.15, -0.1) is 0 Å². The molecule has 1 atom stereocenters.